The molecule has 7 heteroatoms. The molecule has 2 aromatic carbocycles. The van der Waals surface area contributed by atoms with E-state index in [-0.39, 0.29) is 6.04 Å². The predicted molar refractivity (Wildman–Crippen MR) is 134 cm³/mol. The molecule has 0 fully saturated rings. The molecule has 0 amide bonds. The van der Waals surface area contributed by atoms with Gasteiger partial charge >= 0.3 is 0 Å². The summed E-state index contributed by atoms with van der Waals surface area (Å²) in [6.07, 6.45) is 5.63. The van der Waals surface area contributed by atoms with Gasteiger partial charge in [-0.1, -0.05) is 66.7 Å². The number of nitrogens with one attached hydrogen (secondary N) is 1. The zero-order valence-corrected chi connectivity index (χ0v) is 18.7. The highest BCUT2D eigenvalue weighted by molar-refractivity contribution is 5.85. The van der Waals surface area contributed by atoms with E-state index in [0.29, 0.717) is 18.2 Å². The highest BCUT2D eigenvalue weighted by Gasteiger charge is 2.18. The maximum atomic E-state index is 4.95. The van der Waals surface area contributed by atoms with Crippen molar-refractivity contribution < 1.29 is 0 Å². The first-order valence-corrected chi connectivity index (χ1v) is 11.3. The van der Waals surface area contributed by atoms with Crippen LogP contribution in [0.1, 0.15) is 24.1 Å². The lowest BCUT2D eigenvalue weighted by Gasteiger charge is -2.16. The summed E-state index contributed by atoms with van der Waals surface area (Å²) in [7, 11) is 0. The Balaban J connectivity index is 1.49. The van der Waals surface area contributed by atoms with E-state index in [2.05, 4.69) is 46.1 Å². The highest BCUT2D eigenvalue weighted by atomic mass is 15.2. The van der Waals surface area contributed by atoms with Gasteiger partial charge in [-0.3, -0.25) is 4.40 Å². The van der Waals surface area contributed by atoms with E-state index in [0.717, 1.165) is 22.5 Å². The van der Waals surface area contributed by atoms with Crippen molar-refractivity contribution in [3.05, 3.63) is 109 Å². The van der Waals surface area contributed by atoms with Gasteiger partial charge in [0.1, 0.15) is 11.3 Å². The molecule has 0 spiro atoms. The van der Waals surface area contributed by atoms with Gasteiger partial charge in [0.25, 0.3) is 0 Å². The minimum Gasteiger partial charge on any atom is -0.362 e. The Morgan fingerprint density at radius 3 is 2.44 bits per heavy atom. The fourth-order valence-corrected chi connectivity index (χ4v) is 4.18. The van der Waals surface area contributed by atoms with Gasteiger partial charge in [0.15, 0.2) is 22.8 Å². The second-order valence-electron chi connectivity index (χ2n) is 8.28. The molecular weight excluding hydrogens is 422 g/mol. The number of anilines is 1. The second-order valence-corrected chi connectivity index (χ2v) is 8.28. The van der Waals surface area contributed by atoms with Gasteiger partial charge in [0.2, 0.25) is 0 Å². The predicted octanol–water partition coefficient (Wildman–Crippen LogP) is 5.36. The first kappa shape index (κ1) is 20.1. The molecule has 0 aliphatic carbocycles. The topological polar surface area (TPSA) is 72.9 Å². The summed E-state index contributed by atoms with van der Waals surface area (Å²) in [5, 5.41) is 3.57. The van der Waals surface area contributed by atoms with Crippen LogP contribution in [-0.2, 0) is 6.54 Å². The molecule has 6 rings (SSSR count). The van der Waals surface area contributed by atoms with Crippen molar-refractivity contribution >= 4 is 22.6 Å². The number of rotatable bonds is 6. The van der Waals surface area contributed by atoms with Gasteiger partial charge in [-0.15, -0.1) is 0 Å². The fraction of sp³-hybridized carbons (Fsp3) is 0.111. The fourth-order valence-electron chi connectivity index (χ4n) is 4.18. The SMILES string of the molecule is CC(Nc1nc(-c2cnc3ccccn23)nc2c1ncn2Cc1ccccc1)c1ccccc1. The Hall–Kier alpha value is -4.52. The molecule has 166 valence electrons. The lowest BCUT2D eigenvalue weighted by atomic mass is 10.1. The van der Waals surface area contributed by atoms with Gasteiger partial charge in [0, 0.05) is 6.20 Å². The van der Waals surface area contributed by atoms with Crippen LogP contribution < -0.4 is 5.32 Å². The molecule has 6 aromatic rings. The molecule has 4 aromatic heterocycles. The second kappa shape index (κ2) is 8.44. The third-order valence-electron chi connectivity index (χ3n) is 5.96. The van der Waals surface area contributed by atoms with Gasteiger partial charge in [0.05, 0.1) is 25.1 Å². The number of fused-ring (bicyclic) bond motifs is 2. The van der Waals surface area contributed by atoms with Crippen LogP contribution in [0.5, 0.6) is 0 Å². The van der Waals surface area contributed by atoms with Gasteiger partial charge in [-0.25, -0.2) is 19.9 Å². The van der Waals surface area contributed by atoms with Gasteiger partial charge in [-0.2, -0.15) is 0 Å². The third-order valence-corrected chi connectivity index (χ3v) is 5.96. The van der Waals surface area contributed by atoms with Crippen LogP contribution in [0.15, 0.2) is 97.6 Å². The maximum Gasteiger partial charge on any atom is 0.182 e. The van der Waals surface area contributed by atoms with Crippen LogP contribution in [-0.4, -0.2) is 28.9 Å². The molecule has 0 saturated carbocycles. The number of imidazole rings is 2. The van der Waals surface area contributed by atoms with E-state index in [1.54, 1.807) is 0 Å². The van der Waals surface area contributed by atoms with Gasteiger partial charge in [-0.05, 0) is 30.2 Å². The molecule has 1 unspecified atom stereocenters. The average Bonchev–Trinajstić information content (AvgIpc) is 3.50. The zero-order chi connectivity index (χ0) is 22.9. The number of benzene rings is 2. The Morgan fingerprint density at radius 2 is 1.62 bits per heavy atom. The number of hydrogen-bond acceptors (Lipinski definition) is 5. The quantitative estimate of drug-likeness (QED) is 0.374. The summed E-state index contributed by atoms with van der Waals surface area (Å²) in [5.41, 5.74) is 5.57. The Labute approximate surface area is 196 Å². The van der Waals surface area contributed by atoms with Crippen molar-refractivity contribution in [3.8, 4) is 11.5 Å². The van der Waals surface area contributed by atoms with Crippen LogP contribution in [0.3, 0.4) is 0 Å². The smallest absolute Gasteiger partial charge is 0.182 e. The molecule has 7 nitrogen and oxygen atoms in total. The van der Waals surface area contributed by atoms with Crippen molar-refractivity contribution in [1.82, 2.24) is 28.9 Å². The maximum absolute atomic E-state index is 4.95. The Morgan fingerprint density at radius 1 is 0.853 bits per heavy atom. The summed E-state index contributed by atoms with van der Waals surface area (Å²) in [6, 6.07) is 26.6. The van der Waals surface area contributed by atoms with Crippen molar-refractivity contribution in [3.63, 3.8) is 0 Å². The molecule has 1 N–H and O–H groups in total. The van der Waals surface area contributed by atoms with Gasteiger partial charge < -0.3 is 9.88 Å². The molecule has 1 atom stereocenters. The average molecular weight is 446 g/mol. The standard InChI is InChI=1S/C27H23N7/c1-19(21-12-6-3-7-13-21)30-26-24-27(33(18-29-24)17-20-10-4-2-5-11-20)32-25(31-26)22-16-28-23-14-8-9-15-34(22)23/h2-16,18-19H,17H2,1H3,(H,30,31,32). The number of nitrogens with zero attached hydrogens (tertiary/aromatic N) is 6. The van der Waals surface area contributed by atoms with Crippen LogP contribution >= 0.6 is 0 Å². The van der Waals surface area contributed by atoms with Crippen LogP contribution in [0.25, 0.3) is 28.3 Å². The number of hydrogen-bond donors (Lipinski definition) is 1. The van der Waals surface area contributed by atoms with E-state index >= 15 is 0 Å². The van der Waals surface area contributed by atoms with Crippen LogP contribution in [0, 0.1) is 0 Å². The Kier molecular flexibility index (Phi) is 4.99. The van der Waals surface area contributed by atoms with Crippen LogP contribution in [0.4, 0.5) is 5.82 Å². The minimum atomic E-state index is 0.0496. The number of pyridine rings is 1. The molecule has 0 radical (unpaired) electrons. The molecule has 0 aliphatic rings. The van der Waals surface area contributed by atoms with E-state index in [9.17, 15) is 0 Å². The van der Waals surface area contributed by atoms with Crippen molar-refractivity contribution in [1.29, 1.82) is 0 Å². The summed E-state index contributed by atoms with van der Waals surface area (Å²) in [4.78, 5) is 19.1. The lowest BCUT2D eigenvalue weighted by molar-refractivity contribution is 0.813. The molecule has 0 saturated heterocycles. The van der Waals surface area contributed by atoms with E-state index < -0.39 is 0 Å². The van der Waals surface area contributed by atoms with E-state index in [4.69, 9.17) is 15.0 Å². The summed E-state index contributed by atoms with van der Waals surface area (Å²) < 4.78 is 4.07. The first-order valence-electron chi connectivity index (χ1n) is 11.3. The Bertz CT molecular complexity index is 1570. The third kappa shape index (κ3) is 3.67. The summed E-state index contributed by atoms with van der Waals surface area (Å²) in [6.45, 7) is 2.80. The highest BCUT2D eigenvalue weighted by Crippen LogP contribution is 2.28. The molecule has 0 bridgehead atoms. The molecule has 0 aliphatic heterocycles. The van der Waals surface area contributed by atoms with E-state index in [1.165, 1.54) is 11.1 Å². The van der Waals surface area contributed by atoms with Crippen LogP contribution in [0.2, 0.25) is 0 Å². The first-order chi connectivity index (χ1) is 16.8. The number of aromatic nitrogens is 6. The lowest BCUT2D eigenvalue weighted by Crippen LogP contribution is -2.10. The monoisotopic (exact) mass is 445 g/mol. The van der Waals surface area contributed by atoms with Crippen molar-refractivity contribution in [2.75, 3.05) is 5.32 Å². The zero-order valence-electron chi connectivity index (χ0n) is 18.7. The minimum absolute atomic E-state index is 0.0496. The normalized spacial score (nSPS) is 12.3. The van der Waals surface area contributed by atoms with E-state index in [1.807, 2.05) is 77.7 Å². The summed E-state index contributed by atoms with van der Waals surface area (Å²) in [5.74, 6) is 1.30. The summed E-state index contributed by atoms with van der Waals surface area (Å²) >= 11 is 0. The molecule has 4 heterocycles. The molecular formula is C27H23N7. The largest absolute Gasteiger partial charge is 0.362 e. The van der Waals surface area contributed by atoms with Crippen molar-refractivity contribution in [2.45, 2.75) is 19.5 Å². The molecule has 34 heavy (non-hydrogen) atoms. The van der Waals surface area contributed by atoms with Crippen molar-refractivity contribution in [2.24, 2.45) is 0 Å².